The average molecular weight is 328 g/mol. The molecule has 0 aliphatic rings. The molecule has 2 aromatic carbocycles. The van der Waals surface area contributed by atoms with E-state index in [0.717, 1.165) is 10.8 Å². The number of rotatable bonds is 3. The fraction of sp³-hybridized carbons (Fsp3) is 0.400. The van der Waals surface area contributed by atoms with Crippen molar-refractivity contribution in [2.45, 2.75) is 34.6 Å². The Balaban J connectivity index is 2.50. The highest BCUT2D eigenvalue weighted by Crippen LogP contribution is 2.39. The first-order valence-corrected chi connectivity index (χ1v) is 7.91. The topological polar surface area (TPSA) is 52.6 Å². The Morgan fingerprint density at radius 1 is 0.917 bits per heavy atom. The van der Waals surface area contributed by atoms with Crippen LogP contribution in [0.1, 0.15) is 45.0 Å². The predicted molar refractivity (Wildman–Crippen MR) is 94.2 cm³/mol. The van der Waals surface area contributed by atoms with Gasteiger partial charge in [0, 0.05) is 0 Å². The number of ether oxygens (including phenoxy) is 2. The van der Waals surface area contributed by atoms with E-state index in [2.05, 4.69) is 0 Å². The molecular weight excluding hydrogens is 304 g/mol. The van der Waals surface area contributed by atoms with Crippen LogP contribution in [0, 0.1) is 10.8 Å². The molecule has 0 unspecified atom stereocenters. The van der Waals surface area contributed by atoms with E-state index in [-0.39, 0.29) is 22.7 Å². The second kappa shape index (κ2) is 6.27. The molecule has 0 spiro atoms. The summed E-state index contributed by atoms with van der Waals surface area (Å²) in [5.41, 5.74) is -0.757. The summed E-state index contributed by atoms with van der Waals surface area (Å²) in [6.45, 7) is 9.63. The van der Waals surface area contributed by atoms with Crippen LogP contribution >= 0.6 is 0 Å². The van der Waals surface area contributed by atoms with E-state index < -0.39 is 11.4 Å². The summed E-state index contributed by atoms with van der Waals surface area (Å²) < 4.78 is 10.5. The highest BCUT2D eigenvalue weighted by molar-refractivity contribution is 5.99. The summed E-state index contributed by atoms with van der Waals surface area (Å²) in [5, 5.41) is 1.77. The molecule has 0 heterocycles. The molecule has 0 atom stereocenters. The van der Waals surface area contributed by atoms with Crippen LogP contribution in [0.2, 0.25) is 0 Å². The summed E-state index contributed by atoms with van der Waals surface area (Å²) in [6, 6.07) is 11.0. The van der Waals surface area contributed by atoms with Crippen LogP contribution in [-0.4, -0.2) is 19.0 Å². The minimum atomic E-state index is -0.716. The van der Waals surface area contributed by atoms with E-state index in [0.29, 0.717) is 0 Å². The van der Waals surface area contributed by atoms with Gasteiger partial charge < -0.3 is 9.47 Å². The fourth-order valence-electron chi connectivity index (χ4n) is 2.11. The minimum absolute atomic E-state index is 0.225. The van der Waals surface area contributed by atoms with Crippen LogP contribution in [0.5, 0.6) is 5.75 Å². The van der Waals surface area contributed by atoms with Crippen molar-refractivity contribution in [1.29, 1.82) is 0 Å². The molecule has 2 aromatic rings. The molecule has 0 amide bonds. The maximum Gasteiger partial charge on any atom is 0.341 e. The molecule has 0 saturated carbocycles. The van der Waals surface area contributed by atoms with Crippen molar-refractivity contribution < 1.29 is 19.1 Å². The third kappa shape index (κ3) is 3.28. The summed E-state index contributed by atoms with van der Waals surface area (Å²) in [4.78, 5) is 24.8. The Bertz CT molecular complexity index is 782. The van der Waals surface area contributed by atoms with Crippen molar-refractivity contribution >= 4 is 22.7 Å². The second-order valence-corrected chi connectivity index (χ2v) is 7.45. The molecule has 0 N–H and O–H groups in total. The maximum atomic E-state index is 12.7. The maximum absolute atomic E-state index is 12.7. The monoisotopic (exact) mass is 328 g/mol. The third-order valence-electron chi connectivity index (χ3n) is 4.84. The zero-order valence-corrected chi connectivity index (χ0v) is 15.1. The lowest BCUT2D eigenvalue weighted by Crippen LogP contribution is -2.40. The van der Waals surface area contributed by atoms with Crippen LogP contribution in [0.15, 0.2) is 36.4 Å². The van der Waals surface area contributed by atoms with Gasteiger partial charge in [-0.3, -0.25) is 4.79 Å². The summed E-state index contributed by atoms with van der Waals surface area (Å²) in [5.74, 6) is -0.685. The largest absolute Gasteiger partial charge is 0.465 e. The van der Waals surface area contributed by atoms with E-state index in [9.17, 15) is 9.59 Å². The van der Waals surface area contributed by atoms with Crippen molar-refractivity contribution in [2.75, 3.05) is 7.11 Å². The number of hydrogen-bond acceptors (Lipinski definition) is 4. The molecule has 0 bridgehead atoms. The second-order valence-electron chi connectivity index (χ2n) is 7.45. The van der Waals surface area contributed by atoms with E-state index in [4.69, 9.17) is 9.47 Å². The quantitative estimate of drug-likeness (QED) is 0.610. The predicted octanol–water partition coefficient (Wildman–Crippen LogP) is 4.60. The molecule has 0 aliphatic carbocycles. The number of carbonyl (C=O) groups is 2. The van der Waals surface area contributed by atoms with Crippen molar-refractivity contribution in [2.24, 2.45) is 10.8 Å². The summed E-state index contributed by atoms with van der Waals surface area (Å²) in [7, 11) is 1.31. The zero-order valence-electron chi connectivity index (χ0n) is 15.1. The number of esters is 2. The van der Waals surface area contributed by atoms with Crippen LogP contribution in [0.4, 0.5) is 0 Å². The van der Waals surface area contributed by atoms with Crippen molar-refractivity contribution in [3.63, 3.8) is 0 Å². The number of carbonyl (C=O) groups excluding carboxylic acids is 2. The average Bonchev–Trinajstić information content (AvgIpc) is 2.52. The van der Waals surface area contributed by atoms with Gasteiger partial charge in [0.1, 0.15) is 11.3 Å². The highest BCUT2D eigenvalue weighted by Gasteiger charge is 2.41. The van der Waals surface area contributed by atoms with Gasteiger partial charge in [-0.1, -0.05) is 45.0 Å². The Hall–Kier alpha value is -2.36. The molecule has 128 valence electrons. The first-order chi connectivity index (χ1) is 11.1. The molecule has 0 aromatic heterocycles. The minimum Gasteiger partial charge on any atom is -0.465 e. The third-order valence-corrected chi connectivity index (χ3v) is 4.84. The van der Waals surface area contributed by atoms with Crippen molar-refractivity contribution in [1.82, 2.24) is 0 Å². The molecule has 0 fully saturated rings. The van der Waals surface area contributed by atoms with E-state index in [1.807, 2.05) is 58.9 Å². The van der Waals surface area contributed by atoms with Crippen LogP contribution in [0.25, 0.3) is 10.8 Å². The molecule has 0 aliphatic heterocycles. The van der Waals surface area contributed by atoms with Gasteiger partial charge in [0.25, 0.3) is 0 Å². The standard InChI is InChI=1S/C20H24O4/c1-19(2,3)20(4,5)18(22)24-16-12-14-10-8-7-9-13(14)11-15(16)17(21)23-6/h7-12H,1-6H3. The first-order valence-electron chi connectivity index (χ1n) is 7.91. The Kier molecular flexibility index (Phi) is 4.70. The summed E-state index contributed by atoms with van der Waals surface area (Å²) >= 11 is 0. The van der Waals surface area contributed by atoms with Crippen LogP contribution < -0.4 is 4.74 Å². The van der Waals surface area contributed by atoms with Gasteiger partial charge in [-0.05, 0) is 42.2 Å². The molecular formula is C20H24O4. The van der Waals surface area contributed by atoms with Crippen LogP contribution in [0.3, 0.4) is 0 Å². The van der Waals surface area contributed by atoms with Gasteiger partial charge in [0.2, 0.25) is 0 Å². The molecule has 24 heavy (non-hydrogen) atoms. The molecule has 4 nitrogen and oxygen atoms in total. The summed E-state index contributed by atoms with van der Waals surface area (Å²) in [6.07, 6.45) is 0. The number of methoxy groups -OCH3 is 1. The molecule has 4 heteroatoms. The lowest BCUT2D eigenvalue weighted by Gasteiger charge is -2.36. The Labute approximate surface area is 142 Å². The van der Waals surface area contributed by atoms with Gasteiger partial charge in [0.05, 0.1) is 12.5 Å². The van der Waals surface area contributed by atoms with Crippen LogP contribution in [-0.2, 0) is 9.53 Å². The molecule has 0 radical (unpaired) electrons. The number of fused-ring (bicyclic) bond motifs is 1. The lowest BCUT2D eigenvalue weighted by molar-refractivity contribution is -0.150. The van der Waals surface area contributed by atoms with Gasteiger partial charge in [-0.15, -0.1) is 0 Å². The van der Waals surface area contributed by atoms with Gasteiger partial charge in [-0.25, -0.2) is 4.79 Å². The SMILES string of the molecule is COC(=O)c1cc2ccccc2cc1OC(=O)C(C)(C)C(C)(C)C. The zero-order chi connectivity index (χ0) is 18.1. The van der Waals surface area contributed by atoms with E-state index in [1.165, 1.54) is 7.11 Å². The Morgan fingerprint density at radius 3 is 1.96 bits per heavy atom. The van der Waals surface area contributed by atoms with Gasteiger partial charge >= 0.3 is 11.9 Å². The van der Waals surface area contributed by atoms with Gasteiger partial charge in [0.15, 0.2) is 0 Å². The normalized spacial score (nSPS) is 12.1. The lowest BCUT2D eigenvalue weighted by atomic mass is 9.69. The molecule has 0 saturated heterocycles. The number of benzene rings is 2. The highest BCUT2D eigenvalue weighted by atomic mass is 16.5. The Morgan fingerprint density at radius 2 is 1.46 bits per heavy atom. The van der Waals surface area contributed by atoms with E-state index in [1.54, 1.807) is 12.1 Å². The van der Waals surface area contributed by atoms with Crippen molar-refractivity contribution in [3.8, 4) is 5.75 Å². The van der Waals surface area contributed by atoms with Gasteiger partial charge in [-0.2, -0.15) is 0 Å². The smallest absolute Gasteiger partial charge is 0.341 e. The molecule has 2 rings (SSSR count). The number of hydrogen-bond donors (Lipinski definition) is 0. The first kappa shape index (κ1) is 18.0. The van der Waals surface area contributed by atoms with Crippen molar-refractivity contribution in [3.05, 3.63) is 42.0 Å². The fourth-order valence-corrected chi connectivity index (χ4v) is 2.11. The van der Waals surface area contributed by atoms with E-state index >= 15 is 0 Å².